The van der Waals surface area contributed by atoms with Crippen LogP contribution in [0.15, 0.2) is 30.6 Å². The Morgan fingerprint density at radius 3 is 2.29 bits per heavy atom. The lowest BCUT2D eigenvalue weighted by Gasteiger charge is -2.10. The van der Waals surface area contributed by atoms with Gasteiger partial charge in [-0.3, -0.25) is 0 Å². The van der Waals surface area contributed by atoms with Gasteiger partial charge >= 0.3 is 6.18 Å². The molecule has 1 heterocycles. The Morgan fingerprint density at radius 1 is 1.12 bits per heavy atom. The van der Waals surface area contributed by atoms with Gasteiger partial charge in [-0.25, -0.2) is 0 Å². The topological polar surface area (TPSA) is 41.8 Å². The largest absolute Gasteiger partial charge is 0.416 e. The van der Waals surface area contributed by atoms with E-state index in [1.165, 1.54) is 12.3 Å². The van der Waals surface area contributed by atoms with Crippen molar-refractivity contribution < 1.29 is 13.2 Å². The normalized spacial score (nSPS) is 11.8. The molecule has 0 bridgehead atoms. The van der Waals surface area contributed by atoms with Crippen molar-refractivity contribution in [3.63, 3.8) is 0 Å². The number of anilines is 1. The molecule has 2 aromatic rings. The van der Waals surface area contributed by atoms with E-state index < -0.39 is 11.7 Å². The van der Waals surface area contributed by atoms with Crippen molar-refractivity contribution >= 4 is 17.3 Å². The zero-order valence-corrected chi connectivity index (χ0v) is 9.23. The summed E-state index contributed by atoms with van der Waals surface area (Å²) in [5.74, 6) is 0. The lowest BCUT2D eigenvalue weighted by atomic mass is 10.0. The van der Waals surface area contributed by atoms with Crippen molar-refractivity contribution in [3.05, 3.63) is 41.2 Å². The van der Waals surface area contributed by atoms with Gasteiger partial charge in [-0.2, -0.15) is 13.2 Å². The first kappa shape index (κ1) is 11.9. The Morgan fingerprint density at radius 2 is 1.82 bits per heavy atom. The highest BCUT2D eigenvalue weighted by Crippen LogP contribution is 2.36. The molecule has 0 atom stereocenters. The maximum atomic E-state index is 12.4. The third kappa shape index (κ3) is 2.24. The number of aromatic amines is 1. The smallest absolute Gasteiger partial charge is 0.398 e. The molecule has 1 aromatic heterocycles. The van der Waals surface area contributed by atoms with E-state index in [9.17, 15) is 13.2 Å². The molecule has 0 aliphatic heterocycles. The molecule has 0 fully saturated rings. The van der Waals surface area contributed by atoms with Gasteiger partial charge in [0.25, 0.3) is 0 Å². The number of halogens is 4. The van der Waals surface area contributed by atoms with Crippen LogP contribution in [0.1, 0.15) is 5.56 Å². The highest BCUT2D eigenvalue weighted by atomic mass is 35.5. The number of alkyl halides is 3. The number of nitrogens with one attached hydrogen (secondary N) is 1. The third-order valence-electron chi connectivity index (χ3n) is 2.36. The molecule has 1 aromatic carbocycles. The minimum atomic E-state index is -4.39. The Balaban J connectivity index is 2.50. The SMILES string of the molecule is Nc1cc(C(F)(F)F)ccc1-c1c[nH]cc1Cl. The minimum absolute atomic E-state index is 0.0429. The van der Waals surface area contributed by atoms with Crippen LogP contribution in [-0.2, 0) is 6.18 Å². The Kier molecular flexibility index (Phi) is 2.79. The summed E-state index contributed by atoms with van der Waals surface area (Å²) >= 11 is 5.87. The first-order chi connectivity index (χ1) is 7.89. The average molecular weight is 261 g/mol. The second-order valence-electron chi connectivity index (χ2n) is 3.52. The standard InChI is InChI=1S/C11H8ClF3N2/c12-9-5-17-4-8(9)7-2-1-6(3-10(7)16)11(13,14)15/h1-5,17H,16H2. The van der Waals surface area contributed by atoms with Crippen molar-refractivity contribution in [2.45, 2.75) is 6.18 Å². The number of H-pyrrole nitrogens is 1. The van der Waals surface area contributed by atoms with Gasteiger partial charge in [0.2, 0.25) is 0 Å². The summed E-state index contributed by atoms with van der Waals surface area (Å²) in [6, 6.07) is 3.20. The highest BCUT2D eigenvalue weighted by molar-refractivity contribution is 6.33. The number of hydrogen-bond donors (Lipinski definition) is 2. The third-order valence-corrected chi connectivity index (χ3v) is 2.68. The fourth-order valence-electron chi connectivity index (χ4n) is 1.54. The summed E-state index contributed by atoms with van der Waals surface area (Å²) in [4.78, 5) is 2.76. The molecule has 6 heteroatoms. The van der Waals surface area contributed by atoms with Crippen LogP contribution in [-0.4, -0.2) is 4.98 Å². The van der Waals surface area contributed by atoms with Crippen LogP contribution in [0.4, 0.5) is 18.9 Å². The Labute approximate surface area is 100 Å². The maximum absolute atomic E-state index is 12.4. The molecule has 0 radical (unpaired) electrons. The summed E-state index contributed by atoms with van der Waals surface area (Å²) in [6.07, 6.45) is -1.27. The quantitative estimate of drug-likeness (QED) is 0.750. The van der Waals surface area contributed by atoms with Gasteiger partial charge in [-0.05, 0) is 12.1 Å². The molecule has 0 amide bonds. The van der Waals surface area contributed by atoms with Crippen LogP contribution in [0, 0.1) is 0 Å². The Hall–Kier alpha value is -1.62. The summed E-state index contributed by atoms with van der Waals surface area (Å²) in [6.45, 7) is 0. The summed E-state index contributed by atoms with van der Waals surface area (Å²) in [7, 11) is 0. The van der Waals surface area contributed by atoms with Crippen LogP contribution in [0.2, 0.25) is 5.02 Å². The lowest BCUT2D eigenvalue weighted by Crippen LogP contribution is -2.05. The van der Waals surface area contributed by atoms with Gasteiger partial charge in [0.1, 0.15) is 0 Å². The van der Waals surface area contributed by atoms with Crippen molar-refractivity contribution in [3.8, 4) is 11.1 Å². The molecular weight excluding hydrogens is 253 g/mol. The van der Waals surface area contributed by atoms with Crippen molar-refractivity contribution in [1.29, 1.82) is 0 Å². The highest BCUT2D eigenvalue weighted by Gasteiger charge is 2.30. The van der Waals surface area contributed by atoms with Gasteiger partial charge in [0.05, 0.1) is 10.6 Å². The molecule has 2 rings (SSSR count). The number of aromatic nitrogens is 1. The zero-order valence-electron chi connectivity index (χ0n) is 8.48. The van der Waals surface area contributed by atoms with E-state index in [0.717, 1.165) is 12.1 Å². The van der Waals surface area contributed by atoms with E-state index in [0.29, 0.717) is 16.1 Å². The van der Waals surface area contributed by atoms with E-state index in [-0.39, 0.29) is 5.69 Å². The van der Waals surface area contributed by atoms with Crippen LogP contribution in [0.5, 0.6) is 0 Å². The van der Waals surface area contributed by atoms with E-state index in [1.54, 1.807) is 6.20 Å². The molecule has 0 saturated heterocycles. The summed E-state index contributed by atoms with van der Waals surface area (Å²) < 4.78 is 37.3. The molecule has 0 aliphatic carbocycles. The monoisotopic (exact) mass is 260 g/mol. The van der Waals surface area contributed by atoms with Crippen LogP contribution >= 0.6 is 11.6 Å². The van der Waals surface area contributed by atoms with Crippen molar-refractivity contribution in [2.75, 3.05) is 5.73 Å². The van der Waals surface area contributed by atoms with E-state index >= 15 is 0 Å². The predicted molar refractivity (Wildman–Crippen MR) is 60.7 cm³/mol. The zero-order chi connectivity index (χ0) is 12.6. The number of benzene rings is 1. The van der Waals surface area contributed by atoms with Gasteiger partial charge in [0.15, 0.2) is 0 Å². The Bertz CT molecular complexity index is 546. The van der Waals surface area contributed by atoms with Crippen LogP contribution in [0.25, 0.3) is 11.1 Å². The summed E-state index contributed by atoms with van der Waals surface area (Å²) in [5, 5.41) is 0.413. The van der Waals surface area contributed by atoms with Gasteiger partial charge in [-0.1, -0.05) is 17.7 Å². The van der Waals surface area contributed by atoms with Crippen LogP contribution < -0.4 is 5.73 Å². The fraction of sp³-hybridized carbons (Fsp3) is 0.0909. The minimum Gasteiger partial charge on any atom is -0.398 e. The molecular formula is C11H8ClF3N2. The maximum Gasteiger partial charge on any atom is 0.416 e. The molecule has 0 aliphatic rings. The predicted octanol–water partition coefficient (Wildman–Crippen LogP) is 3.94. The summed E-state index contributed by atoms with van der Waals surface area (Å²) in [5.41, 5.74) is 5.93. The number of nitrogen functional groups attached to an aromatic ring is 1. The fourth-order valence-corrected chi connectivity index (χ4v) is 1.75. The van der Waals surface area contributed by atoms with Gasteiger partial charge in [0, 0.05) is 29.2 Å². The molecule has 0 saturated carbocycles. The number of rotatable bonds is 1. The number of hydrogen-bond acceptors (Lipinski definition) is 1. The second kappa shape index (κ2) is 4.00. The van der Waals surface area contributed by atoms with Crippen molar-refractivity contribution in [1.82, 2.24) is 4.98 Å². The molecule has 0 spiro atoms. The first-order valence-electron chi connectivity index (χ1n) is 4.69. The number of nitrogens with two attached hydrogens (primary N) is 1. The van der Waals surface area contributed by atoms with Crippen LogP contribution in [0.3, 0.4) is 0 Å². The van der Waals surface area contributed by atoms with E-state index in [2.05, 4.69) is 4.98 Å². The average Bonchev–Trinajstić information content (AvgIpc) is 2.63. The van der Waals surface area contributed by atoms with E-state index in [4.69, 9.17) is 17.3 Å². The molecule has 90 valence electrons. The van der Waals surface area contributed by atoms with E-state index in [1.807, 2.05) is 0 Å². The molecule has 0 unspecified atom stereocenters. The molecule has 17 heavy (non-hydrogen) atoms. The van der Waals surface area contributed by atoms with Gasteiger partial charge in [-0.15, -0.1) is 0 Å². The molecule has 3 N–H and O–H groups in total. The second-order valence-corrected chi connectivity index (χ2v) is 3.92. The first-order valence-corrected chi connectivity index (χ1v) is 5.07. The molecule has 2 nitrogen and oxygen atoms in total. The van der Waals surface area contributed by atoms with Gasteiger partial charge < -0.3 is 10.7 Å². The van der Waals surface area contributed by atoms with Crippen molar-refractivity contribution in [2.24, 2.45) is 0 Å². The lowest BCUT2D eigenvalue weighted by molar-refractivity contribution is -0.137.